The van der Waals surface area contributed by atoms with Gasteiger partial charge in [0.1, 0.15) is 10.7 Å². The number of amides is 1. The van der Waals surface area contributed by atoms with Gasteiger partial charge in [0, 0.05) is 12.6 Å². The Balaban J connectivity index is 2.03. The van der Waals surface area contributed by atoms with Crippen molar-refractivity contribution in [3.05, 3.63) is 41.1 Å². The Morgan fingerprint density at radius 1 is 1.46 bits per heavy atom. The lowest BCUT2D eigenvalue weighted by Gasteiger charge is -2.44. The maximum absolute atomic E-state index is 12.2. The first-order valence-electron chi connectivity index (χ1n) is 7.67. The molecule has 0 aliphatic carbocycles. The van der Waals surface area contributed by atoms with Crippen molar-refractivity contribution in [2.24, 2.45) is 5.92 Å². The summed E-state index contributed by atoms with van der Waals surface area (Å²) in [6.45, 7) is 1.56. The molecule has 0 bridgehead atoms. The lowest BCUT2D eigenvalue weighted by molar-refractivity contribution is -0.161. The number of carboxylic acids is 1. The summed E-state index contributed by atoms with van der Waals surface area (Å²) in [5, 5.41) is 22.3. The molecule has 1 amide bonds. The second-order valence-corrected chi connectivity index (χ2v) is 6.45. The number of carbonyl (C=O) groups is 2. The number of β-lactam (4-membered cyclic amide) rings is 1. The molecular formula is C17H18N2O4S. The normalized spacial score (nSPS) is 23.6. The highest BCUT2D eigenvalue weighted by Gasteiger charge is 2.56. The molecule has 1 aromatic rings. The summed E-state index contributed by atoms with van der Waals surface area (Å²) in [6, 6.07) is 7.00. The molecule has 3 rings (SSSR count). The summed E-state index contributed by atoms with van der Waals surface area (Å²) in [6.07, 6.45) is -0.380. The first-order chi connectivity index (χ1) is 11.4. The zero-order valence-corrected chi connectivity index (χ0v) is 14.1. The quantitative estimate of drug-likeness (QED) is 0.556. The van der Waals surface area contributed by atoms with E-state index in [0.717, 1.165) is 11.1 Å². The second kappa shape index (κ2) is 5.99. The number of carboxylic acid groups (broad SMARTS) is 1. The zero-order chi connectivity index (χ0) is 17.6. The molecule has 126 valence electrons. The fourth-order valence-electron chi connectivity index (χ4n) is 3.52. The molecular weight excluding hydrogens is 328 g/mol. The van der Waals surface area contributed by atoms with Gasteiger partial charge in [0.25, 0.3) is 0 Å². The highest BCUT2D eigenvalue weighted by molar-refractivity contribution is 7.80. The van der Waals surface area contributed by atoms with Crippen LogP contribution in [0.2, 0.25) is 0 Å². The van der Waals surface area contributed by atoms with Gasteiger partial charge >= 0.3 is 5.97 Å². The lowest BCUT2D eigenvalue weighted by atomic mass is 9.82. The van der Waals surface area contributed by atoms with Crippen LogP contribution >= 0.6 is 12.2 Å². The van der Waals surface area contributed by atoms with E-state index < -0.39 is 18.0 Å². The predicted octanol–water partition coefficient (Wildman–Crippen LogP) is 0.989. The van der Waals surface area contributed by atoms with Crippen LogP contribution in [0, 0.1) is 5.92 Å². The Labute approximate surface area is 144 Å². The van der Waals surface area contributed by atoms with Crippen molar-refractivity contribution in [2.45, 2.75) is 25.5 Å². The second-order valence-electron chi connectivity index (χ2n) is 6.04. The van der Waals surface area contributed by atoms with E-state index in [1.165, 1.54) is 4.90 Å². The van der Waals surface area contributed by atoms with Gasteiger partial charge in [-0.3, -0.25) is 4.79 Å². The maximum Gasteiger partial charge on any atom is 0.352 e. The largest absolute Gasteiger partial charge is 0.477 e. The van der Waals surface area contributed by atoms with Gasteiger partial charge in [-0.1, -0.05) is 30.4 Å². The average Bonchev–Trinajstić information content (AvgIpc) is 2.89. The Morgan fingerprint density at radius 2 is 2.17 bits per heavy atom. The lowest BCUT2D eigenvalue weighted by Crippen LogP contribution is -2.61. The number of aliphatic hydroxyl groups excluding tert-OH is 1. The minimum Gasteiger partial charge on any atom is -0.477 e. The van der Waals surface area contributed by atoms with Gasteiger partial charge in [0.15, 0.2) is 0 Å². The molecule has 7 heteroatoms. The number of thiocarbonyl (C=S) groups is 1. The highest BCUT2D eigenvalue weighted by atomic mass is 32.1. The van der Waals surface area contributed by atoms with Crippen LogP contribution in [0.5, 0.6) is 0 Å². The maximum atomic E-state index is 12.2. The molecule has 2 aliphatic rings. The third-order valence-corrected chi connectivity index (χ3v) is 5.07. The summed E-state index contributed by atoms with van der Waals surface area (Å²) in [5.74, 6) is -2.01. The van der Waals surface area contributed by atoms with Gasteiger partial charge in [-0.25, -0.2) is 4.79 Å². The van der Waals surface area contributed by atoms with Crippen LogP contribution in [0.4, 0.5) is 0 Å². The fraction of sp³-hybridized carbons (Fsp3) is 0.353. The summed E-state index contributed by atoms with van der Waals surface area (Å²) >= 11 is 5.23. The van der Waals surface area contributed by atoms with E-state index in [9.17, 15) is 19.8 Å². The minimum atomic E-state index is -1.13. The predicted molar refractivity (Wildman–Crippen MR) is 92.2 cm³/mol. The smallest absolute Gasteiger partial charge is 0.352 e. The van der Waals surface area contributed by atoms with Gasteiger partial charge in [0.2, 0.25) is 5.91 Å². The van der Waals surface area contributed by atoms with E-state index >= 15 is 0 Å². The van der Waals surface area contributed by atoms with E-state index in [1.807, 2.05) is 24.3 Å². The van der Waals surface area contributed by atoms with Crippen molar-refractivity contribution >= 4 is 34.7 Å². The van der Waals surface area contributed by atoms with Crippen LogP contribution in [0.3, 0.4) is 0 Å². The molecule has 24 heavy (non-hydrogen) atoms. The minimum absolute atomic E-state index is 0.00873. The molecule has 2 aliphatic heterocycles. The standard InChI is InChI=1S/C17H18N2O4S/c1-8(20)13-12-7-11(14(17(22)23)19(12)16(13)21)9-4-3-5-10(6-9)15(24)18-2/h3-6,8,12-13,20H,7H2,1-2H3,(H,18,24)(H,22,23)/t8-,12?,13?/m1/s1. The van der Waals surface area contributed by atoms with E-state index in [4.69, 9.17) is 12.2 Å². The molecule has 3 atom stereocenters. The number of aliphatic carboxylic acids is 1. The van der Waals surface area contributed by atoms with Gasteiger partial charge in [-0.2, -0.15) is 0 Å². The molecule has 0 aromatic heterocycles. The molecule has 1 aromatic carbocycles. The van der Waals surface area contributed by atoms with Crippen molar-refractivity contribution < 1.29 is 19.8 Å². The summed E-state index contributed by atoms with van der Waals surface area (Å²) in [4.78, 5) is 25.8. The number of hydrogen-bond donors (Lipinski definition) is 3. The Bertz CT molecular complexity index is 772. The zero-order valence-electron chi connectivity index (χ0n) is 13.3. The van der Waals surface area contributed by atoms with E-state index in [2.05, 4.69) is 5.32 Å². The van der Waals surface area contributed by atoms with Gasteiger partial charge in [0.05, 0.1) is 18.1 Å². The number of carbonyl (C=O) groups excluding carboxylic acids is 1. The van der Waals surface area contributed by atoms with Gasteiger partial charge in [-0.15, -0.1) is 0 Å². The van der Waals surface area contributed by atoms with Crippen LogP contribution in [-0.4, -0.2) is 51.2 Å². The Hall–Kier alpha value is -2.25. The van der Waals surface area contributed by atoms with Crippen LogP contribution in [0.1, 0.15) is 24.5 Å². The number of nitrogens with one attached hydrogen (secondary N) is 1. The SMILES string of the molecule is CNC(=S)c1cccc(C2=C(C(=O)O)N3C(=O)C([C@@H](C)O)C3C2)c1. The summed E-state index contributed by atoms with van der Waals surface area (Å²) in [5.41, 5.74) is 2.13. The van der Waals surface area contributed by atoms with Crippen molar-refractivity contribution in [2.75, 3.05) is 7.05 Å². The number of aliphatic hydroxyl groups is 1. The Kier molecular flexibility index (Phi) is 4.15. The summed E-state index contributed by atoms with van der Waals surface area (Å²) in [7, 11) is 1.73. The molecule has 1 saturated heterocycles. The monoisotopic (exact) mass is 346 g/mol. The topological polar surface area (TPSA) is 89.9 Å². The van der Waals surface area contributed by atoms with Crippen molar-refractivity contribution in [3.8, 4) is 0 Å². The van der Waals surface area contributed by atoms with Crippen LogP contribution in [0.15, 0.2) is 30.0 Å². The molecule has 0 radical (unpaired) electrons. The summed E-state index contributed by atoms with van der Waals surface area (Å²) < 4.78 is 0. The van der Waals surface area contributed by atoms with Gasteiger partial charge in [-0.05, 0) is 30.5 Å². The van der Waals surface area contributed by atoms with Crippen LogP contribution in [-0.2, 0) is 9.59 Å². The highest BCUT2D eigenvalue weighted by Crippen LogP contribution is 2.46. The molecule has 2 heterocycles. The van der Waals surface area contributed by atoms with Gasteiger partial charge < -0.3 is 20.4 Å². The van der Waals surface area contributed by atoms with Crippen molar-refractivity contribution in [1.82, 2.24) is 10.2 Å². The first-order valence-corrected chi connectivity index (χ1v) is 8.07. The van der Waals surface area contributed by atoms with Crippen molar-refractivity contribution in [3.63, 3.8) is 0 Å². The van der Waals surface area contributed by atoms with Crippen LogP contribution in [0.25, 0.3) is 5.57 Å². The first kappa shape index (κ1) is 16.6. The number of benzene rings is 1. The molecule has 2 unspecified atom stereocenters. The Morgan fingerprint density at radius 3 is 2.75 bits per heavy atom. The molecule has 0 spiro atoms. The fourth-order valence-corrected chi connectivity index (χ4v) is 3.65. The van der Waals surface area contributed by atoms with Crippen molar-refractivity contribution in [1.29, 1.82) is 0 Å². The third kappa shape index (κ3) is 2.40. The molecule has 3 N–H and O–H groups in total. The van der Waals surface area contributed by atoms with E-state index in [-0.39, 0.29) is 17.6 Å². The number of hydrogen-bond acceptors (Lipinski definition) is 4. The van der Waals surface area contributed by atoms with E-state index in [0.29, 0.717) is 17.0 Å². The number of rotatable bonds is 4. The molecule has 6 nitrogen and oxygen atoms in total. The molecule has 0 saturated carbocycles. The third-order valence-electron chi connectivity index (χ3n) is 4.63. The number of nitrogens with zero attached hydrogens (tertiary/aromatic N) is 1. The molecule has 1 fully saturated rings. The van der Waals surface area contributed by atoms with Crippen LogP contribution < -0.4 is 5.32 Å². The van der Waals surface area contributed by atoms with E-state index in [1.54, 1.807) is 14.0 Å². The number of fused-ring (bicyclic) bond motifs is 1. The average molecular weight is 346 g/mol.